The highest BCUT2D eigenvalue weighted by Gasteiger charge is 2.27. The molecule has 1 aromatic heterocycles. The van der Waals surface area contributed by atoms with Crippen molar-refractivity contribution in [3.63, 3.8) is 0 Å². The van der Waals surface area contributed by atoms with Gasteiger partial charge >= 0.3 is 0 Å². The number of morpholine rings is 1. The Morgan fingerprint density at radius 3 is 2.67 bits per heavy atom. The standard InChI is InChI=1S/C14H18N2O2/c1-10(17)12-4-5-13(11-2-3-11)15-14(12)16-6-8-18-9-7-16/h4-5,11H,2-3,6-9H2,1H3. The first kappa shape index (κ1) is 11.7. The Bertz CT molecular complexity index is 463. The van der Waals surface area contributed by atoms with Crippen molar-refractivity contribution in [2.45, 2.75) is 25.7 Å². The van der Waals surface area contributed by atoms with Crippen molar-refractivity contribution >= 4 is 11.6 Å². The van der Waals surface area contributed by atoms with Crippen molar-refractivity contribution < 1.29 is 9.53 Å². The lowest BCUT2D eigenvalue weighted by Gasteiger charge is -2.29. The molecule has 2 aliphatic rings. The molecule has 0 spiro atoms. The van der Waals surface area contributed by atoms with Crippen molar-refractivity contribution in [2.75, 3.05) is 31.2 Å². The van der Waals surface area contributed by atoms with E-state index in [1.807, 2.05) is 12.1 Å². The number of rotatable bonds is 3. The van der Waals surface area contributed by atoms with Crippen LogP contribution in [0.2, 0.25) is 0 Å². The van der Waals surface area contributed by atoms with E-state index in [0.29, 0.717) is 19.1 Å². The molecule has 18 heavy (non-hydrogen) atoms. The maximum atomic E-state index is 11.7. The Kier molecular flexibility index (Phi) is 3.04. The molecule has 96 valence electrons. The smallest absolute Gasteiger partial charge is 0.163 e. The number of nitrogens with zero attached hydrogens (tertiary/aromatic N) is 2. The minimum atomic E-state index is 0.0892. The number of ether oxygens (including phenoxy) is 1. The van der Waals surface area contributed by atoms with E-state index < -0.39 is 0 Å². The third-order valence-corrected chi connectivity index (χ3v) is 3.58. The van der Waals surface area contributed by atoms with Gasteiger partial charge in [0, 0.05) is 24.7 Å². The van der Waals surface area contributed by atoms with Gasteiger partial charge < -0.3 is 9.64 Å². The summed E-state index contributed by atoms with van der Waals surface area (Å²) in [6, 6.07) is 3.95. The van der Waals surface area contributed by atoms with Crippen LogP contribution in [0.3, 0.4) is 0 Å². The first-order chi connectivity index (χ1) is 8.75. The van der Waals surface area contributed by atoms with Crippen LogP contribution in [0.5, 0.6) is 0 Å². The highest BCUT2D eigenvalue weighted by Crippen LogP contribution is 2.40. The van der Waals surface area contributed by atoms with E-state index in [1.165, 1.54) is 12.8 Å². The molecule has 2 fully saturated rings. The number of anilines is 1. The summed E-state index contributed by atoms with van der Waals surface area (Å²) in [5.74, 6) is 1.56. The van der Waals surface area contributed by atoms with Gasteiger partial charge in [0.1, 0.15) is 5.82 Å². The average Bonchev–Trinajstić information content (AvgIpc) is 3.23. The Morgan fingerprint density at radius 2 is 2.06 bits per heavy atom. The molecule has 0 atom stereocenters. The number of Topliss-reactive ketones (excluding diaryl/α,β-unsaturated/α-hetero) is 1. The molecule has 1 aromatic rings. The van der Waals surface area contributed by atoms with Gasteiger partial charge in [-0.1, -0.05) is 0 Å². The first-order valence-corrected chi connectivity index (χ1v) is 6.60. The zero-order valence-corrected chi connectivity index (χ0v) is 10.7. The molecule has 4 heteroatoms. The van der Waals surface area contributed by atoms with Gasteiger partial charge in [0.15, 0.2) is 5.78 Å². The van der Waals surface area contributed by atoms with Crippen LogP contribution in [0, 0.1) is 0 Å². The molecule has 0 unspecified atom stereocenters. The summed E-state index contributed by atoms with van der Waals surface area (Å²) < 4.78 is 5.36. The fraction of sp³-hybridized carbons (Fsp3) is 0.571. The molecule has 0 radical (unpaired) electrons. The van der Waals surface area contributed by atoms with Crippen LogP contribution in [0.1, 0.15) is 41.7 Å². The molecule has 1 saturated carbocycles. The van der Waals surface area contributed by atoms with Crippen LogP contribution in [0.25, 0.3) is 0 Å². The van der Waals surface area contributed by atoms with Gasteiger partial charge in [0.25, 0.3) is 0 Å². The van der Waals surface area contributed by atoms with Crippen molar-refractivity contribution in [1.82, 2.24) is 4.98 Å². The average molecular weight is 246 g/mol. The Labute approximate surface area is 107 Å². The number of carbonyl (C=O) groups is 1. The van der Waals surface area contributed by atoms with E-state index in [4.69, 9.17) is 9.72 Å². The fourth-order valence-corrected chi connectivity index (χ4v) is 2.36. The zero-order chi connectivity index (χ0) is 12.5. The highest BCUT2D eigenvalue weighted by atomic mass is 16.5. The molecule has 4 nitrogen and oxygen atoms in total. The lowest BCUT2D eigenvalue weighted by molar-refractivity contribution is 0.101. The second-order valence-electron chi connectivity index (χ2n) is 5.04. The van der Waals surface area contributed by atoms with Crippen molar-refractivity contribution in [3.8, 4) is 0 Å². The van der Waals surface area contributed by atoms with E-state index in [9.17, 15) is 4.79 Å². The third kappa shape index (κ3) is 2.25. The topological polar surface area (TPSA) is 42.4 Å². The van der Waals surface area contributed by atoms with Gasteiger partial charge in [-0.2, -0.15) is 0 Å². The molecule has 0 amide bonds. The Morgan fingerprint density at radius 1 is 1.33 bits per heavy atom. The minimum Gasteiger partial charge on any atom is -0.378 e. The molecule has 0 N–H and O–H groups in total. The molecular formula is C14H18N2O2. The van der Waals surface area contributed by atoms with Crippen LogP contribution in [-0.2, 0) is 4.74 Å². The highest BCUT2D eigenvalue weighted by molar-refractivity contribution is 5.98. The first-order valence-electron chi connectivity index (χ1n) is 6.60. The van der Waals surface area contributed by atoms with Crippen LogP contribution in [0.4, 0.5) is 5.82 Å². The van der Waals surface area contributed by atoms with Crippen molar-refractivity contribution in [3.05, 3.63) is 23.4 Å². The van der Waals surface area contributed by atoms with Gasteiger partial charge in [0.2, 0.25) is 0 Å². The normalized spacial score (nSPS) is 19.9. The maximum Gasteiger partial charge on any atom is 0.163 e. The van der Waals surface area contributed by atoms with Crippen LogP contribution in [0.15, 0.2) is 12.1 Å². The van der Waals surface area contributed by atoms with E-state index in [2.05, 4.69) is 4.90 Å². The van der Waals surface area contributed by atoms with Crippen molar-refractivity contribution in [1.29, 1.82) is 0 Å². The summed E-state index contributed by atoms with van der Waals surface area (Å²) in [6.07, 6.45) is 2.46. The van der Waals surface area contributed by atoms with Gasteiger partial charge in [0.05, 0.1) is 18.8 Å². The predicted octanol–water partition coefficient (Wildman–Crippen LogP) is 2.00. The lowest BCUT2D eigenvalue weighted by atomic mass is 10.1. The second kappa shape index (κ2) is 4.69. The molecule has 1 saturated heterocycles. The SMILES string of the molecule is CC(=O)c1ccc(C2CC2)nc1N1CCOCC1. The van der Waals surface area contributed by atoms with Gasteiger partial charge in [-0.05, 0) is 31.9 Å². The minimum absolute atomic E-state index is 0.0892. The number of carbonyl (C=O) groups excluding carboxylic acids is 1. The summed E-state index contributed by atoms with van der Waals surface area (Å²) in [7, 11) is 0. The Hall–Kier alpha value is -1.42. The summed E-state index contributed by atoms with van der Waals surface area (Å²) in [5, 5.41) is 0. The van der Waals surface area contributed by atoms with E-state index in [1.54, 1.807) is 6.92 Å². The fourth-order valence-electron chi connectivity index (χ4n) is 2.36. The monoisotopic (exact) mass is 246 g/mol. The quantitative estimate of drug-likeness (QED) is 0.765. The molecule has 2 heterocycles. The number of hydrogen-bond acceptors (Lipinski definition) is 4. The molecule has 1 aliphatic carbocycles. The third-order valence-electron chi connectivity index (χ3n) is 3.58. The zero-order valence-electron chi connectivity index (χ0n) is 10.7. The van der Waals surface area contributed by atoms with E-state index in [0.717, 1.165) is 30.2 Å². The van der Waals surface area contributed by atoms with E-state index >= 15 is 0 Å². The number of aromatic nitrogens is 1. The summed E-state index contributed by atoms with van der Waals surface area (Å²) >= 11 is 0. The number of hydrogen-bond donors (Lipinski definition) is 0. The molecular weight excluding hydrogens is 228 g/mol. The van der Waals surface area contributed by atoms with Crippen LogP contribution in [-0.4, -0.2) is 37.1 Å². The number of pyridine rings is 1. The largest absolute Gasteiger partial charge is 0.378 e. The molecule has 0 aromatic carbocycles. The molecule has 1 aliphatic heterocycles. The second-order valence-corrected chi connectivity index (χ2v) is 5.04. The lowest BCUT2D eigenvalue weighted by Crippen LogP contribution is -2.37. The summed E-state index contributed by atoms with van der Waals surface area (Å²) in [6.45, 7) is 4.68. The van der Waals surface area contributed by atoms with Gasteiger partial charge in [-0.3, -0.25) is 4.79 Å². The predicted molar refractivity (Wildman–Crippen MR) is 69.2 cm³/mol. The van der Waals surface area contributed by atoms with Gasteiger partial charge in [-0.15, -0.1) is 0 Å². The van der Waals surface area contributed by atoms with Gasteiger partial charge in [-0.25, -0.2) is 4.98 Å². The summed E-state index contributed by atoms with van der Waals surface area (Å²) in [5.41, 5.74) is 1.88. The summed E-state index contributed by atoms with van der Waals surface area (Å²) in [4.78, 5) is 18.6. The number of ketones is 1. The Balaban J connectivity index is 1.96. The molecule has 0 bridgehead atoms. The molecule has 3 rings (SSSR count). The van der Waals surface area contributed by atoms with Crippen LogP contribution < -0.4 is 4.90 Å². The van der Waals surface area contributed by atoms with E-state index in [-0.39, 0.29) is 5.78 Å². The van der Waals surface area contributed by atoms with Crippen LogP contribution >= 0.6 is 0 Å². The van der Waals surface area contributed by atoms with Crippen molar-refractivity contribution in [2.24, 2.45) is 0 Å². The maximum absolute atomic E-state index is 11.7.